The van der Waals surface area contributed by atoms with E-state index >= 15 is 0 Å². The fourth-order valence-corrected chi connectivity index (χ4v) is 2.67. The molecule has 1 aliphatic rings. The summed E-state index contributed by atoms with van der Waals surface area (Å²) < 4.78 is 3.12. The summed E-state index contributed by atoms with van der Waals surface area (Å²) >= 11 is 5.23. The Morgan fingerprint density at radius 2 is 2.15 bits per heavy atom. The van der Waals surface area contributed by atoms with Gasteiger partial charge in [-0.25, -0.2) is 0 Å². The van der Waals surface area contributed by atoms with Gasteiger partial charge in [0.15, 0.2) is 4.77 Å². The highest BCUT2D eigenvalue weighted by atomic mass is 32.1. The molecule has 1 N–H and O–H groups in total. The monoisotopic (exact) mass is 196 g/mol. The van der Waals surface area contributed by atoms with Crippen molar-refractivity contribution in [3.63, 3.8) is 0 Å². The number of imidazole rings is 1. The number of aromatic amines is 1. The number of aryl methyl sites for hydroxylation is 1. The Balaban J connectivity index is 2.25. The van der Waals surface area contributed by atoms with Gasteiger partial charge in [0.1, 0.15) is 0 Å². The van der Waals surface area contributed by atoms with Crippen LogP contribution in [0.25, 0.3) is 0 Å². The summed E-state index contributed by atoms with van der Waals surface area (Å²) in [6.45, 7) is 6.74. The second-order valence-electron chi connectivity index (χ2n) is 4.83. The predicted octanol–water partition coefficient (Wildman–Crippen LogP) is 3.22. The lowest BCUT2D eigenvalue weighted by Crippen LogP contribution is -2.34. The van der Waals surface area contributed by atoms with Crippen LogP contribution in [0.4, 0.5) is 0 Å². The zero-order valence-electron chi connectivity index (χ0n) is 8.42. The van der Waals surface area contributed by atoms with Crippen molar-refractivity contribution in [3.8, 4) is 0 Å². The van der Waals surface area contributed by atoms with Gasteiger partial charge in [-0.1, -0.05) is 13.8 Å². The summed E-state index contributed by atoms with van der Waals surface area (Å²) in [5, 5.41) is 0. The summed E-state index contributed by atoms with van der Waals surface area (Å²) in [5.41, 5.74) is 1.77. The second kappa shape index (κ2) is 2.71. The van der Waals surface area contributed by atoms with Crippen molar-refractivity contribution in [2.24, 2.45) is 5.41 Å². The minimum Gasteiger partial charge on any atom is -0.337 e. The van der Waals surface area contributed by atoms with Crippen molar-refractivity contribution >= 4 is 12.2 Å². The number of H-pyrrole nitrogens is 1. The molecule has 2 nitrogen and oxygen atoms in total. The van der Waals surface area contributed by atoms with E-state index in [1.807, 2.05) is 6.20 Å². The summed E-state index contributed by atoms with van der Waals surface area (Å²) in [6, 6.07) is 0.633. The van der Waals surface area contributed by atoms with Gasteiger partial charge in [-0.15, -0.1) is 0 Å². The normalized spacial score (nSPS) is 21.5. The van der Waals surface area contributed by atoms with E-state index in [9.17, 15) is 0 Å². The lowest BCUT2D eigenvalue weighted by atomic mass is 9.68. The molecule has 1 saturated carbocycles. The number of aromatic nitrogens is 2. The highest BCUT2D eigenvalue weighted by Gasteiger charge is 2.37. The Morgan fingerprint density at radius 1 is 1.54 bits per heavy atom. The van der Waals surface area contributed by atoms with E-state index in [4.69, 9.17) is 12.2 Å². The molecule has 0 atom stereocenters. The van der Waals surface area contributed by atoms with Crippen molar-refractivity contribution in [2.75, 3.05) is 0 Å². The molecule has 2 rings (SSSR count). The van der Waals surface area contributed by atoms with E-state index in [2.05, 4.69) is 30.3 Å². The topological polar surface area (TPSA) is 20.7 Å². The van der Waals surface area contributed by atoms with Crippen LogP contribution in [0.2, 0.25) is 0 Å². The molecular weight excluding hydrogens is 180 g/mol. The fourth-order valence-electron chi connectivity index (χ4n) is 2.32. The van der Waals surface area contributed by atoms with Crippen LogP contribution in [0.3, 0.4) is 0 Å². The molecule has 1 aliphatic carbocycles. The van der Waals surface area contributed by atoms with E-state index in [1.54, 1.807) is 0 Å². The molecule has 13 heavy (non-hydrogen) atoms. The van der Waals surface area contributed by atoms with Gasteiger partial charge < -0.3 is 9.55 Å². The van der Waals surface area contributed by atoms with E-state index in [0.29, 0.717) is 11.5 Å². The molecule has 0 aromatic carbocycles. The van der Waals surface area contributed by atoms with Gasteiger partial charge in [0, 0.05) is 17.9 Å². The first-order chi connectivity index (χ1) is 5.99. The molecule has 0 bridgehead atoms. The highest BCUT2D eigenvalue weighted by Crippen LogP contribution is 2.48. The van der Waals surface area contributed by atoms with Crippen molar-refractivity contribution in [2.45, 2.75) is 39.7 Å². The van der Waals surface area contributed by atoms with Crippen LogP contribution in [0, 0.1) is 17.1 Å². The average molecular weight is 196 g/mol. The SMILES string of the molecule is Cc1c[nH]c(=S)n1C1CC(C)(C)C1. The smallest absolute Gasteiger partial charge is 0.177 e. The third kappa shape index (κ3) is 1.46. The minimum atomic E-state index is 0.517. The van der Waals surface area contributed by atoms with E-state index in [0.717, 1.165) is 4.77 Å². The number of nitrogens with one attached hydrogen (secondary N) is 1. The number of hydrogen-bond acceptors (Lipinski definition) is 1. The number of nitrogens with zero attached hydrogens (tertiary/aromatic N) is 1. The van der Waals surface area contributed by atoms with E-state index < -0.39 is 0 Å². The Labute approximate surface area is 84.0 Å². The number of hydrogen-bond donors (Lipinski definition) is 1. The highest BCUT2D eigenvalue weighted by molar-refractivity contribution is 7.71. The van der Waals surface area contributed by atoms with Gasteiger partial charge in [-0.05, 0) is 37.4 Å². The maximum absolute atomic E-state index is 5.23. The zero-order valence-corrected chi connectivity index (χ0v) is 9.24. The Bertz CT molecular complexity index is 365. The molecule has 0 spiro atoms. The summed E-state index contributed by atoms with van der Waals surface area (Å²) in [4.78, 5) is 3.09. The Hall–Kier alpha value is -0.570. The Morgan fingerprint density at radius 3 is 2.54 bits per heavy atom. The van der Waals surface area contributed by atoms with Gasteiger partial charge in [-0.3, -0.25) is 0 Å². The molecule has 3 heteroatoms. The average Bonchev–Trinajstić information content (AvgIpc) is 2.26. The molecule has 0 amide bonds. The van der Waals surface area contributed by atoms with Crippen molar-refractivity contribution in [1.82, 2.24) is 9.55 Å². The van der Waals surface area contributed by atoms with Crippen LogP contribution in [-0.4, -0.2) is 9.55 Å². The molecule has 0 radical (unpaired) electrons. The molecule has 1 fully saturated rings. The van der Waals surface area contributed by atoms with E-state index in [1.165, 1.54) is 18.5 Å². The third-order valence-electron chi connectivity index (χ3n) is 2.94. The summed E-state index contributed by atoms with van der Waals surface area (Å²) in [6.07, 6.45) is 4.49. The maximum Gasteiger partial charge on any atom is 0.177 e. The van der Waals surface area contributed by atoms with Crippen LogP contribution in [-0.2, 0) is 0 Å². The quantitative estimate of drug-likeness (QED) is 0.684. The summed E-state index contributed by atoms with van der Waals surface area (Å²) in [7, 11) is 0. The minimum absolute atomic E-state index is 0.517. The molecule has 1 aromatic rings. The molecule has 1 aromatic heterocycles. The van der Waals surface area contributed by atoms with Gasteiger partial charge >= 0.3 is 0 Å². The lowest BCUT2D eigenvalue weighted by molar-refractivity contribution is 0.102. The molecule has 0 unspecified atom stereocenters. The molecule has 72 valence electrons. The first-order valence-electron chi connectivity index (χ1n) is 4.76. The molecule has 0 aliphatic heterocycles. The largest absolute Gasteiger partial charge is 0.337 e. The van der Waals surface area contributed by atoms with Crippen molar-refractivity contribution in [3.05, 3.63) is 16.7 Å². The van der Waals surface area contributed by atoms with E-state index in [-0.39, 0.29) is 0 Å². The standard InChI is InChI=1S/C10H16N2S/c1-7-6-11-9(13)12(7)8-4-10(2,3)5-8/h6,8H,4-5H2,1-3H3,(H,11,13). The fraction of sp³-hybridized carbons (Fsp3) is 0.700. The first-order valence-corrected chi connectivity index (χ1v) is 5.17. The van der Waals surface area contributed by atoms with Crippen molar-refractivity contribution in [1.29, 1.82) is 0 Å². The van der Waals surface area contributed by atoms with Crippen LogP contribution >= 0.6 is 12.2 Å². The summed E-state index contributed by atoms with van der Waals surface area (Å²) in [5.74, 6) is 0. The Kier molecular flexibility index (Phi) is 1.88. The molecule has 1 heterocycles. The van der Waals surface area contributed by atoms with Crippen molar-refractivity contribution < 1.29 is 0 Å². The van der Waals surface area contributed by atoms with Crippen LogP contribution in [0.5, 0.6) is 0 Å². The molecule has 0 saturated heterocycles. The van der Waals surface area contributed by atoms with Gasteiger partial charge in [-0.2, -0.15) is 0 Å². The lowest BCUT2D eigenvalue weighted by Gasteiger charge is -2.43. The molecular formula is C10H16N2S. The van der Waals surface area contributed by atoms with Gasteiger partial charge in [0.25, 0.3) is 0 Å². The van der Waals surface area contributed by atoms with Gasteiger partial charge in [0.05, 0.1) is 0 Å². The first kappa shape index (κ1) is 9.00. The maximum atomic E-state index is 5.23. The third-order valence-corrected chi connectivity index (χ3v) is 3.26. The van der Waals surface area contributed by atoms with Crippen LogP contribution in [0.1, 0.15) is 38.4 Å². The van der Waals surface area contributed by atoms with Crippen LogP contribution < -0.4 is 0 Å². The predicted molar refractivity (Wildman–Crippen MR) is 56.4 cm³/mol. The van der Waals surface area contributed by atoms with Gasteiger partial charge in [0.2, 0.25) is 0 Å². The second-order valence-corrected chi connectivity index (χ2v) is 5.22. The zero-order chi connectivity index (χ0) is 9.64. The number of rotatable bonds is 1. The van der Waals surface area contributed by atoms with Crippen LogP contribution in [0.15, 0.2) is 6.20 Å².